The molecule has 0 aliphatic rings. The van der Waals surface area contributed by atoms with E-state index < -0.39 is 12.0 Å². The Labute approximate surface area is 155 Å². The second kappa shape index (κ2) is 11.3. The van der Waals surface area contributed by atoms with Crippen molar-refractivity contribution >= 4 is 17.8 Å². The zero-order valence-electron chi connectivity index (χ0n) is 16.1. The Morgan fingerprint density at radius 1 is 0.962 bits per heavy atom. The molecule has 1 aromatic rings. The molecule has 0 bridgehead atoms. The maximum absolute atomic E-state index is 12.0. The van der Waals surface area contributed by atoms with Crippen LogP contribution in [0.5, 0.6) is 0 Å². The van der Waals surface area contributed by atoms with Gasteiger partial charge in [0.05, 0.1) is 0 Å². The lowest BCUT2D eigenvalue weighted by Gasteiger charge is -2.16. The number of nitrogens with one attached hydrogen (secondary N) is 2. The molecular formula is C20H30N2O4. The van der Waals surface area contributed by atoms with E-state index in [0.29, 0.717) is 11.5 Å². The largest absolute Gasteiger partial charge is 0.454 e. The summed E-state index contributed by atoms with van der Waals surface area (Å²) >= 11 is 0. The molecule has 1 unspecified atom stereocenters. The number of hydrogen-bond acceptors (Lipinski definition) is 4. The highest BCUT2D eigenvalue weighted by atomic mass is 16.5. The average Bonchev–Trinajstić information content (AvgIpc) is 2.59. The van der Waals surface area contributed by atoms with Crippen LogP contribution < -0.4 is 10.6 Å². The highest BCUT2D eigenvalue weighted by molar-refractivity contribution is 5.96. The summed E-state index contributed by atoms with van der Waals surface area (Å²) in [5.74, 6) is -0.696. The van der Waals surface area contributed by atoms with Gasteiger partial charge in [-0.3, -0.25) is 9.59 Å². The molecule has 6 nitrogen and oxygen atoms in total. The predicted molar refractivity (Wildman–Crippen MR) is 101 cm³/mol. The van der Waals surface area contributed by atoms with Gasteiger partial charge in [-0.05, 0) is 38.3 Å². The molecule has 2 amide bonds. The number of benzene rings is 1. The van der Waals surface area contributed by atoms with E-state index >= 15 is 0 Å². The maximum Gasteiger partial charge on any atom is 0.328 e. The maximum atomic E-state index is 12.0. The van der Waals surface area contributed by atoms with Gasteiger partial charge in [0.1, 0.15) is 6.04 Å². The summed E-state index contributed by atoms with van der Waals surface area (Å²) < 4.78 is 4.98. The zero-order valence-corrected chi connectivity index (χ0v) is 16.1. The van der Waals surface area contributed by atoms with Crippen LogP contribution in [0.1, 0.15) is 57.3 Å². The third-order valence-electron chi connectivity index (χ3n) is 3.91. The minimum Gasteiger partial charge on any atom is -0.454 e. The van der Waals surface area contributed by atoms with Crippen LogP contribution in [0.15, 0.2) is 30.3 Å². The van der Waals surface area contributed by atoms with Crippen LogP contribution in [0, 0.1) is 5.92 Å². The number of esters is 1. The Hall–Kier alpha value is -2.37. The molecule has 0 aliphatic carbocycles. The minimum absolute atomic E-state index is 0.0372. The van der Waals surface area contributed by atoms with Gasteiger partial charge in [-0.2, -0.15) is 0 Å². The Morgan fingerprint density at radius 2 is 1.62 bits per heavy atom. The van der Waals surface area contributed by atoms with Gasteiger partial charge in [-0.25, -0.2) is 4.79 Å². The Balaban J connectivity index is 2.29. The Bertz CT molecular complexity index is 587. The first kappa shape index (κ1) is 21.7. The summed E-state index contributed by atoms with van der Waals surface area (Å²) in [5.41, 5.74) is 0.458. The van der Waals surface area contributed by atoms with Crippen molar-refractivity contribution in [2.75, 3.05) is 6.61 Å². The number of rotatable bonds is 10. The first-order valence-electron chi connectivity index (χ1n) is 9.11. The van der Waals surface area contributed by atoms with Crippen molar-refractivity contribution in [2.45, 2.75) is 59.0 Å². The predicted octanol–water partition coefficient (Wildman–Crippen LogP) is 2.68. The summed E-state index contributed by atoms with van der Waals surface area (Å²) in [6, 6.07) is 7.80. The topological polar surface area (TPSA) is 84.5 Å². The monoisotopic (exact) mass is 362 g/mol. The molecule has 144 valence electrons. The second-order valence-corrected chi connectivity index (χ2v) is 6.96. The van der Waals surface area contributed by atoms with Crippen LogP contribution in [0.25, 0.3) is 0 Å². The number of amides is 2. The van der Waals surface area contributed by atoms with Crippen LogP contribution in [0.3, 0.4) is 0 Å². The van der Waals surface area contributed by atoms with Gasteiger partial charge in [0.2, 0.25) is 0 Å². The van der Waals surface area contributed by atoms with Crippen LogP contribution in [-0.2, 0) is 14.3 Å². The van der Waals surface area contributed by atoms with E-state index in [2.05, 4.69) is 24.5 Å². The molecule has 0 saturated heterocycles. The minimum atomic E-state index is -0.834. The normalized spacial score (nSPS) is 13.0. The molecule has 1 rings (SSSR count). The molecule has 0 aromatic heterocycles. The van der Waals surface area contributed by atoms with Crippen molar-refractivity contribution in [2.24, 2.45) is 5.92 Å². The fourth-order valence-electron chi connectivity index (χ4n) is 2.41. The van der Waals surface area contributed by atoms with E-state index in [-0.39, 0.29) is 24.5 Å². The highest BCUT2D eigenvalue weighted by Gasteiger charge is 2.19. The lowest BCUT2D eigenvalue weighted by atomic mass is 10.0. The lowest BCUT2D eigenvalue weighted by Crippen LogP contribution is -2.41. The van der Waals surface area contributed by atoms with Gasteiger partial charge in [-0.15, -0.1) is 0 Å². The molecule has 0 fully saturated rings. The van der Waals surface area contributed by atoms with E-state index in [1.165, 1.54) is 6.92 Å². The van der Waals surface area contributed by atoms with Crippen LogP contribution >= 0.6 is 0 Å². The van der Waals surface area contributed by atoms with Crippen molar-refractivity contribution in [3.05, 3.63) is 35.9 Å². The summed E-state index contributed by atoms with van der Waals surface area (Å²) in [4.78, 5) is 35.8. The van der Waals surface area contributed by atoms with Gasteiger partial charge in [0, 0.05) is 11.6 Å². The van der Waals surface area contributed by atoms with Crippen molar-refractivity contribution in [3.8, 4) is 0 Å². The van der Waals surface area contributed by atoms with Gasteiger partial charge >= 0.3 is 5.97 Å². The molecule has 2 atom stereocenters. The van der Waals surface area contributed by atoms with E-state index in [9.17, 15) is 14.4 Å². The molecule has 0 spiro atoms. The fourth-order valence-corrected chi connectivity index (χ4v) is 2.41. The third kappa shape index (κ3) is 8.65. The zero-order chi connectivity index (χ0) is 19.5. The standard InChI is InChI=1S/C20H30N2O4/c1-14(2)9-8-10-15(3)21-18(23)13-26-20(25)16(4)22-19(24)17-11-6-5-7-12-17/h5-7,11-12,14-16H,8-10,13H2,1-4H3,(H,21,23)(H,22,24)/t15?,16-/m0/s1. The molecular weight excluding hydrogens is 332 g/mol. The van der Waals surface area contributed by atoms with Crippen molar-refractivity contribution in [1.29, 1.82) is 0 Å². The van der Waals surface area contributed by atoms with Crippen LogP contribution in [0.4, 0.5) is 0 Å². The van der Waals surface area contributed by atoms with Crippen LogP contribution in [-0.4, -0.2) is 36.5 Å². The van der Waals surface area contributed by atoms with Crippen LogP contribution in [0.2, 0.25) is 0 Å². The van der Waals surface area contributed by atoms with Gasteiger partial charge < -0.3 is 15.4 Å². The lowest BCUT2D eigenvalue weighted by molar-refractivity contribution is -0.150. The van der Waals surface area contributed by atoms with E-state index in [1.54, 1.807) is 30.3 Å². The molecule has 0 radical (unpaired) electrons. The van der Waals surface area contributed by atoms with E-state index in [1.807, 2.05) is 6.92 Å². The average molecular weight is 362 g/mol. The molecule has 2 N–H and O–H groups in total. The highest BCUT2D eigenvalue weighted by Crippen LogP contribution is 2.08. The summed E-state index contributed by atoms with van der Waals surface area (Å²) in [5, 5.41) is 5.36. The number of carbonyl (C=O) groups is 3. The van der Waals surface area contributed by atoms with Gasteiger partial charge in [0.25, 0.3) is 11.8 Å². The van der Waals surface area contributed by atoms with Gasteiger partial charge in [-0.1, -0.05) is 44.9 Å². The fraction of sp³-hybridized carbons (Fsp3) is 0.550. The number of ether oxygens (including phenoxy) is 1. The van der Waals surface area contributed by atoms with Crippen molar-refractivity contribution in [3.63, 3.8) is 0 Å². The SMILES string of the molecule is CC(C)CCCC(C)NC(=O)COC(=O)[C@H](C)NC(=O)c1ccccc1. The smallest absolute Gasteiger partial charge is 0.328 e. The first-order valence-corrected chi connectivity index (χ1v) is 9.11. The van der Waals surface area contributed by atoms with E-state index in [4.69, 9.17) is 4.74 Å². The molecule has 1 aromatic carbocycles. The number of hydrogen-bond donors (Lipinski definition) is 2. The summed E-state index contributed by atoms with van der Waals surface area (Å²) in [6.07, 6.45) is 3.05. The molecule has 0 heterocycles. The van der Waals surface area contributed by atoms with Crippen molar-refractivity contribution in [1.82, 2.24) is 10.6 Å². The van der Waals surface area contributed by atoms with Crippen molar-refractivity contribution < 1.29 is 19.1 Å². The summed E-state index contributed by atoms with van der Waals surface area (Å²) in [6.45, 7) is 7.44. The van der Waals surface area contributed by atoms with E-state index in [0.717, 1.165) is 19.3 Å². The van der Waals surface area contributed by atoms with Gasteiger partial charge in [0.15, 0.2) is 6.61 Å². The number of carbonyl (C=O) groups excluding carboxylic acids is 3. The third-order valence-corrected chi connectivity index (χ3v) is 3.91. The second-order valence-electron chi connectivity index (χ2n) is 6.96. The molecule has 6 heteroatoms. The molecule has 0 aliphatic heterocycles. The molecule has 26 heavy (non-hydrogen) atoms. The first-order chi connectivity index (χ1) is 12.3. The Kier molecular flexibility index (Phi) is 9.41. The summed E-state index contributed by atoms with van der Waals surface area (Å²) in [7, 11) is 0. The molecule has 0 saturated carbocycles. The Morgan fingerprint density at radius 3 is 2.23 bits per heavy atom. The quantitative estimate of drug-likeness (QED) is 0.627.